The molecule has 0 aromatic heterocycles. The molecule has 40 heavy (non-hydrogen) atoms. The van der Waals surface area contributed by atoms with E-state index in [4.69, 9.17) is 9.47 Å². The molecule has 6 rings (SSSR count). The summed E-state index contributed by atoms with van der Waals surface area (Å²) in [5.74, 6) is 0.496. The number of benzene rings is 4. The van der Waals surface area contributed by atoms with Crippen LogP contribution in [0.4, 0.5) is 0 Å². The molecule has 200 valence electrons. The van der Waals surface area contributed by atoms with E-state index >= 15 is 0 Å². The van der Waals surface area contributed by atoms with Crippen LogP contribution in [0.1, 0.15) is 35.2 Å². The Morgan fingerprint density at radius 3 is 2.40 bits per heavy atom. The number of rotatable bonds is 7. The molecule has 4 aromatic carbocycles. The van der Waals surface area contributed by atoms with E-state index in [0.29, 0.717) is 42.0 Å². The summed E-state index contributed by atoms with van der Waals surface area (Å²) < 4.78 is 11.9. The quantitative estimate of drug-likeness (QED) is 0.168. The van der Waals surface area contributed by atoms with Gasteiger partial charge in [-0.25, -0.2) is 0 Å². The molecule has 2 aliphatic heterocycles. The molecule has 2 aliphatic rings. The summed E-state index contributed by atoms with van der Waals surface area (Å²) in [5, 5.41) is 11.6. The standard InChI is InChI=1S/C34H29NO5/c1-22-19-26-20-25(15-16-29(26)39-22)32(36)30-31(24-11-8-14-28(21-24)40-27-12-6-3-7-13-27)35(34(38)33(30)37)18-17-23-9-4-2-5-10-23/h2-16,20-22,31,36H,17-19H2,1H3/b32-30+/t22-,31-/m1/s1. The molecule has 2 heterocycles. The summed E-state index contributed by atoms with van der Waals surface area (Å²) in [6.07, 6.45) is 1.33. The normalized spacial score (nSPS) is 19.4. The number of carbonyl (C=O) groups is 2. The molecule has 6 heteroatoms. The molecule has 0 bridgehead atoms. The van der Waals surface area contributed by atoms with Gasteiger partial charge in [0.1, 0.15) is 29.1 Å². The molecule has 0 spiro atoms. The van der Waals surface area contributed by atoms with E-state index in [0.717, 1.165) is 16.9 Å². The lowest BCUT2D eigenvalue weighted by Crippen LogP contribution is -2.31. The second-order valence-electron chi connectivity index (χ2n) is 10.2. The molecule has 2 atom stereocenters. The fourth-order valence-electron chi connectivity index (χ4n) is 5.45. The Morgan fingerprint density at radius 1 is 0.900 bits per heavy atom. The number of para-hydroxylation sites is 1. The van der Waals surface area contributed by atoms with Crippen molar-refractivity contribution in [2.45, 2.75) is 31.9 Å². The Hall–Kier alpha value is -4.84. The van der Waals surface area contributed by atoms with Crippen molar-refractivity contribution in [3.05, 3.63) is 131 Å². The summed E-state index contributed by atoms with van der Waals surface area (Å²) in [6, 6.07) is 31.2. The predicted octanol–water partition coefficient (Wildman–Crippen LogP) is 6.47. The number of amides is 1. The SMILES string of the molecule is C[C@@H]1Cc2cc(/C(O)=C3\C(=O)C(=O)N(CCc4ccccc4)[C@@H]3c3cccc(Oc4ccccc4)c3)ccc2O1. The van der Waals surface area contributed by atoms with Gasteiger partial charge in [0.25, 0.3) is 11.7 Å². The maximum absolute atomic E-state index is 13.5. The van der Waals surface area contributed by atoms with E-state index in [2.05, 4.69) is 0 Å². The van der Waals surface area contributed by atoms with Crippen molar-refractivity contribution in [1.82, 2.24) is 4.90 Å². The number of hydrogen-bond donors (Lipinski definition) is 1. The van der Waals surface area contributed by atoms with Crippen molar-refractivity contribution >= 4 is 17.4 Å². The van der Waals surface area contributed by atoms with Gasteiger partial charge in [-0.1, -0.05) is 60.7 Å². The van der Waals surface area contributed by atoms with Crippen LogP contribution in [0.3, 0.4) is 0 Å². The maximum atomic E-state index is 13.5. The van der Waals surface area contributed by atoms with E-state index in [-0.39, 0.29) is 17.4 Å². The fourth-order valence-corrected chi connectivity index (χ4v) is 5.45. The van der Waals surface area contributed by atoms with Crippen LogP contribution in [0.25, 0.3) is 5.76 Å². The lowest BCUT2D eigenvalue weighted by Gasteiger charge is -2.26. The molecule has 1 N–H and O–H groups in total. The number of aliphatic hydroxyl groups is 1. The molecule has 0 radical (unpaired) electrons. The Balaban J connectivity index is 1.41. The van der Waals surface area contributed by atoms with Gasteiger partial charge in [0.2, 0.25) is 0 Å². The van der Waals surface area contributed by atoms with E-state index in [1.807, 2.05) is 104 Å². The molecule has 6 nitrogen and oxygen atoms in total. The van der Waals surface area contributed by atoms with Gasteiger partial charge in [-0.15, -0.1) is 0 Å². The van der Waals surface area contributed by atoms with Crippen LogP contribution >= 0.6 is 0 Å². The van der Waals surface area contributed by atoms with Crippen LogP contribution in [0.5, 0.6) is 17.2 Å². The zero-order valence-corrected chi connectivity index (χ0v) is 22.1. The number of carbonyl (C=O) groups excluding carboxylic acids is 2. The molecular weight excluding hydrogens is 502 g/mol. The number of fused-ring (bicyclic) bond motifs is 1. The molecule has 1 saturated heterocycles. The van der Waals surface area contributed by atoms with E-state index in [1.54, 1.807) is 11.0 Å². The largest absolute Gasteiger partial charge is 0.507 e. The number of nitrogens with zero attached hydrogens (tertiary/aromatic N) is 1. The zero-order valence-electron chi connectivity index (χ0n) is 22.1. The number of likely N-dealkylation sites (tertiary alicyclic amines) is 1. The van der Waals surface area contributed by atoms with Gasteiger partial charge in [0.05, 0.1) is 11.6 Å². The first-order valence-electron chi connectivity index (χ1n) is 13.4. The minimum absolute atomic E-state index is 0.0447. The summed E-state index contributed by atoms with van der Waals surface area (Å²) >= 11 is 0. The lowest BCUT2D eigenvalue weighted by atomic mass is 9.94. The van der Waals surface area contributed by atoms with Crippen molar-refractivity contribution in [2.24, 2.45) is 0 Å². The van der Waals surface area contributed by atoms with Crippen LogP contribution in [-0.2, 0) is 22.4 Å². The van der Waals surface area contributed by atoms with Crippen molar-refractivity contribution < 1.29 is 24.2 Å². The molecule has 0 saturated carbocycles. The molecule has 1 amide bonds. The van der Waals surface area contributed by atoms with Crippen molar-refractivity contribution in [1.29, 1.82) is 0 Å². The third-order valence-electron chi connectivity index (χ3n) is 7.35. The van der Waals surface area contributed by atoms with Gasteiger partial charge in [0, 0.05) is 18.5 Å². The molecular formula is C34H29NO5. The predicted molar refractivity (Wildman–Crippen MR) is 152 cm³/mol. The van der Waals surface area contributed by atoms with Crippen LogP contribution in [0.15, 0.2) is 109 Å². The summed E-state index contributed by atoms with van der Waals surface area (Å²) in [5.41, 5.74) is 3.25. The smallest absolute Gasteiger partial charge is 0.295 e. The topological polar surface area (TPSA) is 76.1 Å². The minimum Gasteiger partial charge on any atom is -0.507 e. The van der Waals surface area contributed by atoms with Gasteiger partial charge < -0.3 is 19.5 Å². The lowest BCUT2D eigenvalue weighted by molar-refractivity contribution is -0.139. The molecule has 0 unspecified atom stereocenters. The third kappa shape index (κ3) is 4.96. The number of Topliss-reactive ketones (excluding diaryl/α,β-unsaturated/α-hetero) is 1. The molecule has 4 aromatic rings. The third-order valence-corrected chi connectivity index (χ3v) is 7.35. The Morgan fingerprint density at radius 2 is 1.62 bits per heavy atom. The second-order valence-corrected chi connectivity index (χ2v) is 10.2. The second kappa shape index (κ2) is 10.7. The highest BCUT2D eigenvalue weighted by atomic mass is 16.5. The molecule has 0 aliphatic carbocycles. The van der Waals surface area contributed by atoms with Crippen LogP contribution < -0.4 is 9.47 Å². The van der Waals surface area contributed by atoms with Crippen molar-refractivity contribution in [3.63, 3.8) is 0 Å². The van der Waals surface area contributed by atoms with Crippen molar-refractivity contribution in [3.8, 4) is 17.2 Å². The highest BCUT2D eigenvalue weighted by molar-refractivity contribution is 6.46. The average Bonchev–Trinajstić information content (AvgIpc) is 3.47. The highest BCUT2D eigenvalue weighted by Crippen LogP contribution is 2.41. The van der Waals surface area contributed by atoms with Gasteiger partial charge in [-0.3, -0.25) is 9.59 Å². The molecule has 1 fully saturated rings. The first-order valence-corrected chi connectivity index (χ1v) is 13.4. The highest BCUT2D eigenvalue weighted by Gasteiger charge is 2.46. The minimum atomic E-state index is -0.772. The first kappa shape index (κ1) is 25.4. The van der Waals surface area contributed by atoms with Crippen LogP contribution in [0.2, 0.25) is 0 Å². The maximum Gasteiger partial charge on any atom is 0.295 e. The zero-order chi connectivity index (χ0) is 27.6. The number of ketones is 1. The first-order chi connectivity index (χ1) is 19.5. The average molecular weight is 532 g/mol. The van der Waals surface area contributed by atoms with Gasteiger partial charge in [0.15, 0.2) is 0 Å². The van der Waals surface area contributed by atoms with E-state index in [9.17, 15) is 14.7 Å². The van der Waals surface area contributed by atoms with Crippen LogP contribution in [0, 0.1) is 0 Å². The Labute approximate surface area is 233 Å². The number of aliphatic hydroxyl groups excluding tert-OH is 1. The summed E-state index contributed by atoms with van der Waals surface area (Å²) in [6.45, 7) is 2.30. The number of ether oxygens (including phenoxy) is 2. The van der Waals surface area contributed by atoms with Gasteiger partial charge in [-0.05, 0) is 72.5 Å². The van der Waals surface area contributed by atoms with Crippen LogP contribution in [-0.4, -0.2) is 34.3 Å². The van der Waals surface area contributed by atoms with Gasteiger partial charge >= 0.3 is 0 Å². The van der Waals surface area contributed by atoms with E-state index < -0.39 is 17.7 Å². The summed E-state index contributed by atoms with van der Waals surface area (Å²) in [4.78, 5) is 28.5. The summed E-state index contributed by atoms with van der Waals surface area (Å²) in [7, 11) is 0. The van der Waals surface area contributed by atoms with Gasteiger partial charge in [-0.2, -0.15) is 0 Å². The van der Waals surface area contributed by atoms with Crippen molar-refractivity contribution in [2.75, 3.05) is 6.54 Å². The van der Waals surface area contributed by atoms with E-state index in [1.165, 1.54) is 0 Å². The monoisotopic (exact) mass is 531 g/mol. The number of hydrogen-bond acceptors (Lipinski definition) is 5. The fraction of sp³-hybridized carbons (Fsp3) is 0.176. The Kier molecular flexibility index (Phi) is 6.83. The Bertz CT molecular complexity index is 1600.